The van der Waals surface area contributed by atoms with Crippen LogP contribution in [0.15, 0.2) is 0 Å². The van der Waals surface area contributed by atoms with E-state index in [0.717, 1.165) is 5.75 Å². The van der Waals surface area contributed by atoms with Crippen LogP contribution in [-0.2, 0) is 9.53 Å². The Labute approximate surface area is 71.7 Å². The minimum absolute atomic E-state index is 0.0847. The van der Waals surface area contributed by atoms with Crippen molar-refractivity contribution in [3.05, 3.63) is 0 Å². The topological polar surface area (TPSA) is 52.3 Å². The SMILES string of the molecule is CCOC(=O)C(C)SCCN. The van der Waals surface area contributed by atoms with Gasteiger partial charge in [0.2, 0.25) is 0 Å². The van der Waals surface area contributed by atoms with Gasteiger partial charge >= 0.3 is 5.97 Å². The van der Waals surface area contributed by atoms with E-state index >= 15 is 0 Å². The maximum Gasteiger partial charge on any atom is 0.318 e. The molecule has 0 radical (unpaired) electrons. The monoisotopic (exact) mass is 177 g/mol. The molecule has 0 aliphatic rings. The maximum atomic E-state index is 11.0. The Morgan fingerprint density at radius 2 is 2.36 bits per heavy atom. The van der Waals surface area contributed by atoms with Crippen molar-refractivity contribution in [2.45, 2.75) is 19.1 Å². The Balaban J connectivity index is 3.46. The van der Waals surface area contributed by atoms with Gasteiger partial charge in [0.05, 0.1) is 11.9 Å². The molecule has 11 heavy (non-hydrogen) atoms. The van der Waals surface area contributed by atoms with Gasteiger partial charge in [0, 0.05) is 12.3 Å². The minimum atomic E-state index is -0.147. The highest BCUT2D eigenvalue weighted by Crippen LogP contribution is 2.10. The summed E-state index contributed by atoms with van der Waals surface area (Å²) in [6.45, 7) is 4.69. The number of nitrogens with two attached hydrogens (primary N) is 1. The van der Waals surface area contributed by atoms with E-state index in [1.807, 2.05) is 6.92 Å². The van der Waals surface area contributed by atoms with Crippen molar-refractivity contribution in [2.24, 2.45) is 5.73 Å². The van der Waals surface area contributed by atoms with Crippen LogP contribution in [0.5, 0.6) is 0 Å². The van der Waals surface area contributed by atoms with Crippen LogP contribution in [0, 0.1) is 0 Å². The molecule has 66 valence electrons. The Morgan fingerprint density at radius 1 is 1.73 bits per heavy atom. The van der Waals surface area contributed by atoms with Gasteiger partial charge in [-0.1, -0.05) is 0 Å². The van der Waals surface area contributed by atoms with Crippen LogP contribution >= 0.6 is 11.8 Å². The molecule has 0 fully saturated rings. The Bertz CT molecular complexity index is 119. The number of esters is 1. The van der Waals surface area contributed by atoms with Gasteiger partial charge in [0.25, 0.3) is 0 Å². The molecule has 0 spiro atoms. The first-order valence-electron chi connectivity index (χ1n) is 3.70. The lowest BCUT2D eigenvalue weighted by Crippen LogP contribution is -2.18. The standard InChI is InChI=1S/C7H15NO2S/c1-3-10-7(9)6(2)11-5-4-8/h6H,3-5,8H2,1-2H3. The normalized spacial score (nSPS) is 12.6. The van der Waals surface area contributed by atoms with Crippen LogP contribution in [0.25, 0.3) is 0 Å². The number of carbonyl (C=O) groups excluding carboxylic acids is 1. The fraction of sp³-hybridized carbons (Fsp3) is 0.857. The third-order valence-corrected chi connectivity index (χ3v) is 2.27. The van der Waals surface area contributed by atoms with Gasteiger partial charge in [-0.15, -0.1) is 11.8 Å². The molecule has 0 aromatic carbocycles. The van der Waals surface area contributed by atoms with Crippen molar-refractivity contribution >= 4 is 17.7 Å². The quantitative estimate of drug-likeness (QED) is 0.626. The van der Waals surface area contributed by atoms with Gasteiger partial charge in [-0.25, -0.2) is 0 Å². The van der Waals surface area contributed by atoms with E-state index in [1.54, 1.807) is 6.92 Å². The third-order valence-electron chi connectivity index (χ3n) is 1.10. The second-order valence-electron chi connectivity index (χ2n) is 2.05. The van der Waals surface area contributed by atoms with Crippen molar-refractivity contribution in [3.8, 4) is 0 Å². The first-order chi connectivity index (χ1) is 5.22. The van der Waals surface area contributed by atoms with Crippen molar-refractivity contribution in [1.82, 2.24) is 0 Å². The molecule has 0 saturated heterocycles. The van der Waals surface area contributed by atoms with Gasteiger partial charge < -0.3 is 10.5 Å². The van der Waals surface area contributed by atoms with Crippen LogP contribution in [0.3, 0.4) is 0 Å². The van der Waals surface area contributed by atoms with Crippen molar-refractivity contribution in [1.29, 1.82) is 0 Å². The molecule has 0 aliphatic carbocycles. The Morgan fingerprint density at radius 3 is 2.82 bits per heavy atom. The summed E-state index contributed by atoms with van der Waals surface area (Å²) >= 11 is 1.52. The summed E-state index contributed by atoms with van der Waals surface area (Å²) in [6.07, 6.45) is 0. The highest BCUT2D eigenvalue weighted by molar-refractivity contribution is 8.00. The molecule has 1 unspecified atom stereocenters. The molecule has 4 heteroatoms. The lowest BCUT2D eigenvalue weighted by atomic mass is 10.5. The lowest BCUT2D eigenvalue weighted by molar-refractivity contribution is -0.142. The van der Waals surface area contributed by atoms with E-state index in [4.69, 9.17) is 10.5 Å². The summed E-state index contributed by atoms with van der Waals surface area (Å²) in [6, 6.07) is 0. The summed E-state index contributed by atoms with van der Waals surface area (Å²) in [7, 11) is 0. The first-order valence-corrected chi connectivity index (χ1v) is 4.75. The number of hydrogen-bond donors (Lipinski definition) is 1. The molecule has 0 rings (SSSR count). The van der Waals surface area contributed by atoms with Crippen LogP contribution < -0.4 is 5.73 Å². The van der Waals surface area contributed by atoms with E-state index in [9.17, 15) is 4.79 Å². The van der Waals surface area contributed by atoms with Crippen LogP contribution in [0.1, 0.15) is 13.8 Å². The molecule has 2 N–H and O–H groups in total. The molecule has 0 aromatic heterocycles. The van der Waals surface area contributed by atoms with E-state index in [2.05, 4.69) is 0 Å². The zero-order valence-corrected chi connectivity index (χ0v) is 7.82. The maximum absolute atomic E-state index is 11.0. The lowest BCUT2D eigenvalue weighted by Gasteiger charge is -2.08. The summed E-state index contributed by atoms with van der Waals surface area (Å²) in [5, 5.41) is -0.0847. The van der Waals surface area contributed by atoms with Crippen LogP contribution in [-0.4, -0.2) is 30.1 Å². The molecule has 0 aromatic rings. The molecule has 0 saturated carbocycles. The van der Waals surface area contributed by atoms with Crippen molar-refractivity contribution in [3.63, 3.8) is 0 Å². The second-order valence-corrected chi connectivity index (χ2v) is 3.50. The fourth-order valence-corrected chi connectivity index (χ4v) is 1.27. The van der Waals surface area contributed by atoms with Gasteiger partial charge in [0.1, 0.15) is 0 Å². The van der Waals surface area contributed by atoms with Crippen LogP contribution in [0.4, 0.5) is 0 Å². The minimum Gasteiger partial charge on any atom is -0.465 e. The molecular weight excluding hydrogens is 162 g/mol. The highest BCUT2D eigenvalue weighted by atomic mass is 32.2. The summed E-state index contributed by atoms with van der Waals surface area (Å²) in [5.74, 6) is 0.658. The van der Waals surface area contributed by atoms with Crippen LogP contribution in [0.2, 0.25) is 0 Å². The van der Waals surface area contributed by atoms with E-state index in [-0.39, 0.29) is 11.2 Å². The van der Waals surface area contributed by atoms with Crippen molar-refractivity contribution in [2.75, 3.05) is 18.9 Å². The highest BCUT2D eigenvalue weighted by Gasteiger charge is 2.12. The number of ether oxygens (including phenoxy) is 1. The molecular formula is C7H15NO2S. The first kappa shape index (κ1) is 10.8. The zero-order valence-electron chi connectivity index (χ0n) is 7.00. The van der Waals surface area contributed by atoms with E-state index in [0.29, 0.717) is 13.2 Å². The van der Waals surface area contributed by atoms with E-state index < -0.39 is 0 Å². The zero-order chi connectivity index (χ0) is 8.69. The predicted molar refractivity (Wildman–Crippen MR) is 47.6 cm³/mol. The van der Waals surface area contributed by atoms with Gasteiger partial charge in [0.15, 0.2) is 0 Å². The molecule has 1 atom stereocenters. The smallest absolute Gasteiger partial charge is 0.318 e. The average Bonchev–Trinajstić information content (AvgIpc) is 2.00. The molecule has 0 aliphatic heterocycles. The Kier molecular flexibility index (Phi) is 6.36. The van der Waals surface area contributed by atoms with Gasteiger partial charge in [-0.2, -0.15) is 0 Å². The average molecular weight is 177 g/mol. The number of hydrogen-bond acceptors (Lipinski definition) is 4. The summed E-state index contributed by atoms with van der Waals surface area (Å²) < 4.78 is 4.80. The number of thioether (sulfide) groups is 1. The predicted octanol–water partition coefficient (Wildman–Crippen LogP) is 0.630. The summed E-state index contributed by atoms with van der Waals surface area (Å²) in [4.78, 5) is 11.0. The Hall–Kier alpha value is -0.220. The molecule has 0 amide bonds. The largest absolute Gasteiger partial charge is 0.465 e. The van der Waals surface area contributed by atoms with Gasteiger partial charge in [-0.05, 0) is 13.8 Å². The molecule has 0 bridgehead atoms. The third kappa shape index (κ3) is 5.09. The van der Waals surface area contributed by atoms with Crippen molar-refractivity contribution < 1.29 is 9.53 Å². The molecule has 0 heterocycles. The summed E-state index contributed by atoms with van der Waals surface area (Å²) in [5.41, 5.74) is 5.28. The van der Waals surface area contributed by atoms with E-state index in [1.165, 1.54) is 11.8 Å². The second kappa shape index (κ2) is 6.49. The number of carbonyl (C=O) groups is 1. The molecule has 3 nitrogen and oxygen atoms in total. The van der Waals surface area contributed by atoms with Gasteiger partial charge in [-0.3, -0.25) is 4.79 Å². The fourth-order valence-electron chi connectivity index (χ4n) is 0.572. The number of rotatable bonds is 5.